The van der Waals surface area contributed by atoms with Crippen LogP contribution in [0.2, 0.25) is 0 Å². The Morgan fingerprint density at radius 3 is 2.80 bits per heavy atom. The summed E-state index contributed by atoms with van der Waals surface area (Å²) in [5, 5.41) is 0. The largest absolute Gasteiger partial charge is 0.335 e. The molecule has 2 N–H and O–H groups in total. The Kier molecular flexibility index (Phi) is 2.44. The Morgan fingerprint density at radius 2 is 2.20 bits per heavy atom. The first-order valence-electron chi connectivity index (χ1n) is 4.89. The molecule has 4 heteroatoms. The average Bonchev–Trinajstić information content (AvgIpc) is 2.16. The van der Waals surface area contributed by atoms with Gasteiger partial charge in [0.05, 0.1) is 5.56 Å². The molecule has 0 atom stereocenters. The Labute approximate surface area is 87.7 Å². The second kappa shape index (κ2) is 3.62. The van der Waals surface area contributed by atoms with Gasteiger partial charge < -0.3 is 10.6 Å². The number of nitrogens with two attached hydrogens (primary N) is 1. The second-order valence-electron chi connectivity index (χ2n) is 3.91. The molecule has 0 unspecified atom stereocenters. The van der Waals surface area contributed by atoms with Gasteiger partial charge in [-0.05, 0) is 18.6 Å². The van der Waals surface area contributed by atoms with Crippen molar-refractivity contribution in [2.75, 3.05) is 13.1 Å². The summed E-state index contributed by atoms with van der Waals surface area (Å²) in [6.45, 7) is 2.69. The minimum atomic E-state index is -0.428. The topological polar surface area (TPSA) is 46.3 Å². The molecule has 0 aromatic heterocycles. The maximum atomic E-state index is 13.6. The summed E-state index contributed by atoms with van der Waals surface area (Å²) >= 11 is 0. The number of likely N-dealkylation sites (tertiary alicyclic amines) is 1. The molecule has 3 nitrogen and oxygen atoms in total. The van der Waals surface area contributed by atoms with E-state index in [2.05, 4.69) is 0 Å². The van der Waals surface area contributed by atoms with Gasteiger partial charge in [0.15, 0.2) is 0 Å². The molecule has 0 spiro atoms. The van der Waals surface area contributed by atoms with Crippen molar-refractivity contribution in [3.05, 3.63) is 35.1 Å². The lowest BCUT2D eigenvalue weighted by molar-refractivity contribution is 0.0603. The van der Waals surface area contributed by atoms with E-state index in [1.807, 2.05) is 0 Å². The minimum Gasteiger partial charge on any atom is -0.335 e. The van der Waals surface area contributed by atoms with Crippen LogP contribution in [0.1, 0.15) is 15.9 Å². The van der Waals surface area contributed by atoms with E-state index >= 15 is 0 Å². The van der Waals surface area contributed by atoms with E-state index in [1.54, 1.807) is 24.0 Å². The molecule has 15 heavy (non-hydrogen) atoms. The van der Waals surface area contributed by atoms with Crippen molar-refractivity contribution in [2.45, 2.75) is 13.0 Å². The zero-order valence-electron chi connectivity index (χ0n) is 8.53. The summed E-state index contributed by atoms with van der Waals surface area (Å²) in [5.74, 6) is -0.694. The molecule has 1 aliphatic rings. The smallest absolute Gasteiger partial charge is 0.256 e. The third-order valence-electron chi connectivity index (χ3n) is 2.62. The lowest BCUT2D eigenvalue weighted by Crippen LogP contribution is -2.57. The van der Waals surface area contributed by atoms with Gasteiger partial charge in [-0.15, -0.1) is 0 Å². The number of hydrogen-bond acceptors (Lipinski definition) is 2. The van der Waals surface area contributed by atoms with E-state index in [4.69, 9.17) is 5.73 Å². The van der Waals surface area contributed by atoms with Crippen molar-refractivity contribution < 1.29 is 9.18 Å². The molecular formula is C11H13FN2O. The van der Waals surface area contributed by atoms with Crippen molar-refractivity contribution in [3.8, 4) is 0 Å². The van der Waals surface area contributed by atoms with E-state index in [-0.39, 0.29) is 17.5 Å². The molecule has 0 radical (unpaired) electrons. The second-order valence-corrected chi connectivity index (χ2v) is 3.91. The van der Waals surface area contributed by atoms with Crippen LogP contribution in [0.4, 0.5) is 4.39 Å². The molecule has 1 aromatic carbocycles. The van der Waals surface area contributed by atoms with Crippen LogP contribution < -0.4 is 5.73 Å². The van der Waals surface area contributed by atoms with Crippen LogP contribution in [-0.4, -0.2) is 29.9 Å². The van der Waals surface area contributed by atoms with Crippen molar-refractivity contribution in [1.82, 2.24) is 4.90 Å². The van der Waals surface area contributed by atoms with Gasteiger partial charge in [-0.2, -0.15) is 0 Å². The molecule has 0 bridgehead atoms. The number of amides is 1. The van der Waals surface area contributed by atoms with Crippen LogP contribution in [-0.2, 0) is 0 Å². The highest BCUT2D eigenvalue weighted by atomic mass is 19.1. The lowest BCUT2D eigenvalue weighted by Gasteiger charge is -2.36. The van der Waals surface area contributed by atoms with Gasteiger partial charge in [0.2, 0.25) is 0 Å². The average molecular weight is 208 g/mol. The van der Waals surface area contributed by atoms with Crippen LogP contribution in [0, 0.1) is 12.7 Å². The number of hydrogen-bond donors (Lipinski definition) is 1. The minimum absolute atomic E-state index is 0.0434. The first-order chi connectivity index (χ1) is 7.09. The molecule has 1 amide bonds. The molecular weight excluding hydrogens is 195 g/mol. The fourth-order valence-electron chi connectivity index (χ4n) is 1.66. The Balaban J connectivity index is 2.22. The van der Waals surface area contributed by atoms with Gasteiger partial charge in [0, 0.05) is 19.1 Å². The van der Waals surface area contributed by atoms with Crippen LogP contribution in [0.25, 0.3) is 0 Å². The van der Waals surface area contributed by atoms with E-state index < -0.39 is 5.82 Å². The number of aryl methyl sites for hydroxylation is 1. The zero-order chi connectivity index (χ0) is 11.0. The summed E-state index contributed by atoms with van der Waals surface area (Å²) in [7, 11) is 0. The highest BCUT2D eigenvalue weighted by Gasteiger charge is 2.29. The molecule has 1 saturated heterocycles. The molecule has 1 aromatic rings. The van der Waals surface area contributed by atoms with Gasteiger partial charge >= 0.3 is 0 Å². The van der Waals surface area contributed by atoms with E-state index in [9.17, 15) is 9.18 Å². The third kappa shape index (κ3) is 1.72. The lowest BCUT2D eigenvalue weighted by atomic mass is 10.1. The maximum absolute atomic E-state index is 13.6. The van der Waals surface area contributed by atoms with E-state index in [0.717, 1.165) is 0 Å². The first kappa shape index (κ1) is 10.1. The summed E-state index contributed by atoms with van der Waals surface area (Å²) in [6, 6.07) is 4.88. The normalized spacial score (nSPS) is 16.3. The number of rotatable bonds is 1. The highest BCUT2D eigenvalue weighted by molar-refractivity contribution is 5.95. The fraction of sp³-hybridized carbons (Fsp3) is 0.364. The Morgan fingerprint density at radius 1 is 1.53 bits per heavy atom. The Hall–Kier alpha value is -1.42. The van der Waals surface area contributed by atoms with E-state index in [0.29, 0.717) is 18.7 Å². The van der Waals surface area contributed by atoms with Crippen LogP contribution >= 0.6 is 0 Å². The van der Waals surface area contributed by atoms with Gasteiger partial charge in [-0.3, -0.25) is 4.79 Å². The number of carbonyl (C=O) groups excluding carboxylic acids is 1. The predicted molar refractivity (Wildman–Crippen MR) is 55.0 cm³/mol. The molecule has 0 saturated carbocycles. The maximum Gasteiger partial charge on any atom is 0.256 e. The van der Waals surface area contributed by atoms with Crippen LogP contribution in [0.5, 0.6) is 0 Å². The van der Waals surface area contributed by atoms with Crippen LogP contribution in [0.15, 0.2) is 18.2 Å². The van der Waals surface area contributed by atoms with Gasteiger partial charge in [0.25, 0.3) is 5.91 Å². The van der Waals surface area contributed by atoms with Crippen molar-refractivity contribution in [1.29, 1.82) is 0 Å². The van der Waals surface area contributed by atoms with Crippen molar-refractivity contribution >= 4 is 5.91 Å². The monoisotopic (exact) mass is 208 g/mol. The zero-order valence-corrected chi connectivity index (χ0v) is 8.53. The number of carbonyl (C=O) groups is 1. The molecule has 1 fully saturated rings. The van der Waals surface area contributed by atoms with Crippen molar-refractivity contribution in [2.24, 2.45) is 5.73 Å². The molecule has 80 valence electrons. The fourth-order valence-corrected chi connectivity index (χ4v) is 1.66. The number of halogens is 1. The molecule has 2 rings (SSSR count). The number of nitrogens with zero attached hydrogens (tertiary/aromatic N) is 1. The van der Waals surface area contributed by atoms with E-state index in [1.165, 1.54) is 6.07 Å². The summed E-state index contributed by atoms with van der Waals surface area (Å²) in [6.07, 6.45) is 0. The summed E-state index contributed by atoms with van der Waals surface area (Å²) in [4.78, 5) is 13.3. The van der Waals surface area contributed by atoms with Crippen LogP contribution in [0.3, 0.4) is 0 Å². The standard InChI is InChI=1S/C11H13FN2O/c1-7-3-2-4-9(10(7)12)11(15)14-5-8(13)6-14/h2-4,8H,5-6,13H2,1H3. The van der Waals surface area contributed by atoms with Gasteiger partial charge in [0.1, 0.15) is 5.82 Å². The summed E-state index contributed by atoms with van der Waals surface area (Å²) < 4.78 is 13.6. The third-order valence-corrected chi connectivity index (χ3v) is 2.62. The van der Waals surface area contributed by atoms with Gasteiger partial charge in [-0.1, -0.05) is 12.1 Å². The summed E-state index contributed by atoms with van der Waals surface area (Å²) in [5.41, 5.74) is 6.20. The predicted octanol–water partition coefficient (Wildman–Crippen LogP) is 0.917. The molecule has 1 aliphatic heterocycles. The number of benzene rings is 1. The van der Waals surface area contributed by atoms with Crippen molar-refractivity contribution in [3.63, 3.8) is 0 Å². The molecule has 1 heterocycles. The first-order valence-corrected chi connectivity index (χ1v) is 4.89. The SMILES string of the molecule is Cc1cccc(C(=O)N2CC(N)C2)c1F. The Bertz CT molecular complexity index is 400. The molecule has 0 aliphatic carbocycles. The highest BCUT2D eigenvalue weighted by Crippen LogP contribution is 2.17. The van der Waals surface area contributed by atoms with Gasteiger partial charge in [-0.25, -0.2) is 4.39 Å². The quantitative estimate of drug-likeness (QED) is 0.745.